The molecule has 0 aromatic heterocycles. The summed E-state index contributed by atoms with van der Waals surface area (Å²) in [6, 6.07) is 8.52. The van der Waals surface area contributed by atoms with E-state index >= 15 is 0 Å². The van der Waals surface area contributed by atoms with Crippen LogP contribution in [0.1, 0.15) is 46.5 Å². The van der Waals surface area contributed by atoms with Gasteiger partial charge in [0.2, 0.25) is 0 Å². The summed E-state index contributed by atoms with van der Waals surface area (Å²) in [4.78, 5) is 0. The summed E-state index contributed by atoms with van der Waals surface area (Å²) >= 11 is 0. The molecule has 1 N–H and O–H groups in total. The Balaban J connectivity index is 2.21. The molecule has 3 nitrogen and oxygen atoms in total. The van der Waals surface area contributed by atoms with Gasteiger partial charge >= 0.3 is 0 Å². The van der Waals surface area contributed by atoms with E-state index < -0.39 is 0 Å². The Morgan fingerprint density at radius 2 is 1.55 bits per heavy atom. The van der Waals surface area contributed by atoms with Crippen molar-refractivity contribution in [2.45, 2.75) is 52.5 Å². The molecule has 0 aliphatic carbocycles. The summed E-state index contributed by atoms with van der Waals surface area (Å²) in [5.41, 5.74) is 0. The highest BCUT2D eigenvalue weighted by Gasteiger charge is 2.03. The van der Waals surface area contributed by atoms with Gasteiger partial charge in [0.05, 0.1) is 13.2 Å². The molecule has 1 atom stereocenters. The zero-order valence-electron chi connectivity index (χ0n) is 13.2. The van der Waals surface area contributed by atoms with Crippen LogP contribution in [-0.4, -0.2) is 25.8 Å². The molecule has 0 aliphatic rings. The Morgan fingerprint density at radius 1 is 0.950 bits per heavy atom. The molecule has 0 spiro atoms. The first-order valence-corrected chi connectivity index (χ1v) is 7.89. The van der Waals surface area contributed by atoms with Gasteiger partial charge in [0.15, 0.2) is 0 Å². The van der Waals surface area contributed by atoms with E-state index in [4.69, 9.17) is 9.47 Å². The number of ether oxygens (including phenoxy) is 2. The van der Waals surface area contributed by atoms with Crippen LogP contribution in [0.4, 0.5) is 0 Å². The smallest absolute Gasteiger partial charge is 0.119 e. The normalized spacial score (nSPS) is 12.2. The average Bonchev–Trinajstić information content (AvgIpc) is 2.49. The van der Waals surface area contributed by atoms with E-state index in [1.165, 1.54) is 12.8 Å². The van der Waals surface area contributed by atoms with Crippen molar-refractivity contribution in [3.63, 3.8) is 0 Å². The van der Waals surface area contributed by atoms with Crippen LogP contribution in [0.5, 0.6) is 11.5 Å². The summed E-state index contributed by atoms with van der Waals surface area (Å²) < 4.78 is 11.3. The minimum absolute atomic E-state index is 0.619. The fourth-order valence-corrected chi connectivity index (χ4v) is 2.11. The van der Waals surface area contributed by atoms with Crippen molar-refractivity contribution in [3.8, 4) is 11.5 Å². The van der Waals surface area contributed by atoms with Crippen molar-refractivity contribution in [2.24, 2.45) is 0 Å². The first-order valence-electron chi connectivity index (χ1n) is 7.89. The van der Waals surface area contributed by atoms with Gasteiger partial charge in [0, 0.05) is 6.04 Å². The van der Waals surface area contributed by atoms with Crippen LogP contribution in [0.25, 0.3) is 0 Å². The molecule has 114 valence electrons. The zero-order chi connectivity index (χ0) is 14.6. The number of nitrogens with one attached hydrogen (secondary N) is 1. The second kappa shape index (κ2) is 10.6. The predicted molar refractivity (Wildman–Crippen MR) is 84.7 cm³/mol. The van der Waals surface area contributed by atoms with Gasteiger partial charge in [-0.1, -0.05) is 20.8 Å². The Morgan fingerprint density at radius 3 is 2.05 bits per heavy atom. The molecule has 1 aromatic rings. The summed E-state index contributed by atoms with van der Waals surface area (Å²) in [6.07, 6.45) is 4.46. The van der Waals surface area contributed by atoms with E-state index in [1.807, 2.05) is 24.3 Å². The van der Waals surface area contributed by atoms with Crippen molar-refractivity contribution < 1.29 is 9.47 Å². The molecule has 20 heavy (non-hydrogen) atoms. The van der Waals surface area contributed by atoms with Gasteiger partial charge < -0.3 is 14.8 Å². The Kier molecular flexibility index (Phi) is 8.88. The quantitative estimate of drug-likeness (QED) is 0.621. The van der Waals surface area contributed by atoms with E-state index in [2.05, 4.69) is 26.1 Å². The molecule has 0 amide bonds. The lowest BCUT2D eigenvalue weighted by Gasteiger charge is -2.15. The number of benzene rings is 1. The highest BCUT2D eigenvalue weighted by Crippen LogP contribution is 2.18. The third kappa shape index (κ3) is 6.80. The Labute approximate surface area is 123 Å². The molecule has 1 aromatic carbocycles. The minimum Gasteiger partial charge on any atom is -0.494 e. The van der Waals surface area contributed by atoms with Crippen molar-refractivity contribution in [1.29, 1.82) is 0 Å². The lowest BCUT2D eigenvalue weighted by atomic mass is 10.1. The van der Waals surface area contributed by atoms with Gasteiger partial charge in [-0.2, -0.15) is 0 Å². The van der Waals surface area contributed by atoms with Crippen LogP contribution >= 0.6 is 0 Å². The molecule has 0 saturated heterocycles. The van der Waals surface area contributed by atoms with Gasteiger partial charge in [0.1, 0.15) is 11.5 Å². The van der Waals surface area contributed by atoms with E-state index in [-0.39, 0.29) is 0 Å². The van der Waals surface area contributed by atoms with E-state index in [0.717, 1.165) is 44.1 Å². The third-order valence-corrected chi connectivity index (χ3v) is 3.25. The summed E-state index contributed by atoms with van der Waals surface area (Å²) in [5, 5.41) is 3.49. The van der Waals surface area contributed by atoms with Crippen LogP contribution in [0.3, 0.4) is 0 Å². The number of hydrogen-bond donors (Lipinski definition) is 1. The van der Waals surface area contributed by atoms with E-state index in [9.17, 15) is 0 Å². The second-order valence-corrected chi connectivity index (χ2v) is 4.97. The summed E-state index contributed by atoms with van der Waals surface area (Å²) in [5.74, 6) is 1.84. The van der Waals surface area contributed by atoms with Gasteiger partial charge in [0.25, 0.3) is 0 Å². The minimum atomic E-state index is 0.619. The fraction of sp³-hybridized carbons (Fsp3) is 0.647. The van der Waals surface area contributed by atoms with Crippen molar-refractivity contribution in [1.82, 2.24) is 5.32 Å². The van der Waals surface area contributed by atoms with Gasteiger partial charge in [-0.15, -0.1) is 0 Å². The maximum atomic E-state index is 5.76. The fourth-order valence-electron chi connectivity index (χ4n) is 2.11. The van der Waals surface area contributed by atoms with Crippen LogP contribution in [0.15, 0.2) is 24.3 Å². The Hall–Kier alpha value is -1.22. The lowest BCUT2D eigenvalue weighted by molar-refractivity contribution is 0.292. The molecule has 0 heterocycles. The van der Waals surface area contributed by atoms with E-state index in [1.54, 1.807) is 0 Å². The molecule has 0 fully saturated rings. The molecule has 3 heteroatoms. The summed E-state index contributed by atoms with van der Waals surface area (Å²) in [6.45, 7) is 9.07. The molecule has 0 saturated carbocycles. The van der Waals surface area contributed by atoms with Crippen molar-refractivity contribution in [3.05, 3.63) is 24.3 Å². The third-order valence-electron chi connectivity index (χ3n) is 3.25. The maximum absolute atomic E-state index is 5.76. The Bertz CT molecular complexity index is 337. The highest BCUT2D eigenvalue weighted by molar-refractivity contribution is 5.31. The lowest BCUT2D eigenvalue weighted by Crippen LogP contribution is -2.28. The van der Waals surface area contributed by atoms with Gasteiger partial charge in [-0.3, -0.25) is 0 Å². The van der Waals surface area contributed by atoms with Crippen LogP contribution in [0, 0.1) is 0 Å². The molecule has 0 bridgehead atoms. The topological polar surface area (TPSA) is 30.5 Å². The second-order valence-electron chi connectivity index (χ2n) is 4.97. The zero-order valence-corrected chi connectivity index (χ0v) is 13.2. The highest BCUT2D eigenvalue weighted by atomic mass is 16.5. The monoisotopic (exact) mass is 279 g/mol. The van der Waals surface area contributed by atoms with Gasteiger partial charge in [-0.05, 0) is 56.5 Å². The van der Waals surface area contributed by atoms with Crippen LogP contribution < -0.4 is 14.8 Å². The molecule has 0 aliphatic heterocycles. The maximum Gasteiger partial charge on any atom is 0.119 e. The van der Waals surface area contributed by atoms with E-state index in [0.29, 0.717) is 6.04 Å². The predicted octanol–water partition coefficient (Wildman–Crippen LogP) is 4.02. The molecular weight excluding hydrogens is 250 g/mol. The molecule has 0 radical (unpaired) electrons. The van der Waals surface area contributed by atoms with Crippen molar-refractivity contribution in [2.75, 3.05) is 19.8 Å². The average molecular weight is 279 g/mol. The van der Waals surface area contributed by atoms with Crippen molar-refractivity contribution >= 4 is 0 Å². The van der Waals surface area contributed by atoms with Gasteiger partial charge in [-0.25, -0.2) is 0 Å². The number of hydrogen-bond acceptors (Lipinski definition) is 3. The molecular formula is C17H29NO2. The number of rotatable bonds is 11. The van der Waals surface area contributed by atoms with Crippen LogP contribution in [-0.2, 0) is 0 Å². The largest absolute Gasteiger partial charge is 0.494 e. The SMILES string of the molecule is CCCOc1ccc(OCCCC(CC)NCC)cc1. The molecule has 1 unspecified atom stereocenters. The first kappa shape index (κ1) is 16.8. The first-order chi connectivity index (χ1) is 9.80. The molecule has 1 rings (SSSR count). The van der Waals surface area contributed by atoms with Crippen LogP contribution in [0.2, 0.25) is 0 Å². The summed E-state index contributed by atoms with van der Waals surface area (Å²) in [7, 11) is 0. The standard InChI is InChI=1S/C17H29NO2/c1-4-13-19-16-9-11-17(12-10-16)20-14-7-8-15(5-2)18-6-3/h9-12,15,18H,4-8,13-14H2,1-3H3.